The summed E-state index contributed by atoms with van der Waals surface area (Å²) in [4.78, 5) is 0. The molecule has 0 saturated carbocycles. The molecule has 0 spiro atoms. The van der Waals surface area contributed by atoms with Crippen molar-refractivity contribution in [1.82, 2.24) is 0 Å². The van der Waals surface area contributed by atoms with Gasteiger partial charge in [0.1, 0.15) is 9.84 Å². The van der Waals surface area contributed by atoms with Crippen LogP contribution in [0.15, 0.2) is 0 Å². The van der Waals surface area contributed by atoms with E-state index in [0.29, 0.717) is 24.5 Å². The maximum atomic E-state index is 11.4. The second-order valence-corrected chi connectivity index (χ2v) is 7.52. The van der Waals surface area contributed by atoms with Gasteiger partial charge in [-0.25, -0.2) is 8.42 Å². The van der Waals surface area contributed by atoms with Crippen molar-refractivity contribution < 1.29 is 12.6 Å². The monoisotopic (exact) mass is 241 g/mol. The van der Waals surface area contributed by atoms with Crippen molar-refractivity contribution in [3.05, 3.63) is 0 Å². The molecule has 2 unspecified atom stereocenters. The van der Waals surface area contributed by atoms with E-state index >= 15 is 0 Å². The highest BCUT2D eigenvalue weighted by molar-refractivity contribution is 7.90. The van der Waals surface area contributed by atoms with E-state index < -0.39 is 20.6 Å². The fourth-order valence-electron chi connectivity index (χ4n) is 0.951. The third kappa shape index (κ3) is 8.65. The molecule has 2 atom stereocenters. The molecule has 0 radical (unpaired) electrons. The topological polar surface area (TPSA) is 77.2 Å². The summed E-state index contributed by atoms with van der Waals surface area (Å²) in [5.74, 6) is 1.39. The van der Waals surface area contributed by atoms with Crippen molar-refractivity contribution >= 4 is 20.6 Å². The Balaban J connectivity index is 3.65. The lowest BCUT2D eigenvalue weighted by Gasteiger charge is -2.07. The summed E-state index contributed by atoms with van der Waals surface area (Å²) in [6, 6.07) is 0. The molecule has 0 fully saturated rings. The molecule has 0 aliphatic heterocycles. The minimum absolute atomic E-state index is 0.121. The highest BCUT2D eigenvalue weighted by Gasteiger charge is 2.08. The first-order chi connectivity index (χ1) is 6.35. The SMILES string of the molecule is CC(CN)CS(=O)CCCS(C)(=O)=O. The largest absolute Gasteiger partial charge is 0.330 e. The lowest BCUT2D eigenvalue weighted by molar-refractivity contribution is 0.600. The van der Waals surface area contributed by atoms with Gasteiger partial charge in [0.2, 0.25) is 0 Å². The van der Waals surface area contributed by atoms with E-state index in [1.54, 1.807) is 0 Å². The van der Waals surface area contributed by atoms with Crippen LogP contribution in [-0.2, 0) is 20.6 Å². The third-order valence-electron chi connectivity index (χ3n) is 1.76. The van der Waals surface area contributed by atoms with E-state index in [1.807, 2.05) is 6.92 Å². The van der Waals surface area contributed by atoms with E-state index in [9.17, 15) is 12.6 Å². The zero-order chi connectivity index (χ0) is 11.2. The third-order valence-corrected chi connectivity index (χ3v) is 4.48. The Bertz CT molecular complexity index is 274. The Labute approximate surface area is 88.6 Å². The van der Waals surface area contributed by atoms with Crippen LogP contribution in [0.2, 0.25) is 0 Å². The molecule has 0 aromatic heterocycles. The smallest absolute Gasteiger partial charge is 0.147 e. The van der Waals surface area contributed by atoms with Crippen molar-refractivity contribution in [1.29, 1.82) is 0 Å². The predicted molar refractivity (Wildman–Crippen MR) is 60.4 cm³/mol. The summed E-state index contributed by atoms with van der Waals surface area (Å²) < 4.78 is 32.9. The summed E-state index contributed by atoms with van der Waals surface area (Å²) in [7, 11) is -3.84. The van der Waals surface area contributed by atoms with Crippen LogP contribution in [0, 0.1) is 5.92 Å². The first kappa shape index (κ1) is 14.1. The van der Waals surface area contributed by atoms with E-state index in [0.717, 1.165) is 0 Å². The van der Waals surface area contributed by atoms with Crippen molar-refractivity contribution in [2.45, 2.75) is 13.3 Å². The first-order valence-electron chi connectivity index (χ1n) is 4.58. The van der Waals surface area contributed by atoms with E-state index in [1.165, 1.54) is 6.26 Å². The van der Waals surface area contributed by atoms with Crippen molar-refractivity contribution in [3.8, 4) is 0 Å². The number of rotatable bonds is 7. The molecule has 2 N–H and O–H groups in total. The second-order valence-electron chi connectivity index (χ2n) is 3.63. The van der Waals surface area contributed by atoms with Crippen molar-refractivity contribution in [2.75, 3.05) is 30.1 Å². The van der Waals surface area contributed by atoms with Crippen LogP contribution in [0.1, 0.15) is 13.3 Å². The Kier molecular flexibility index (Phi) is 6.55. The van der Waals surface area contributed by atoms with Gasteiger partial charge in [-0.1, -0.05) is 6.92 Å². The fourth-order valence-corrected chi connectivity index (χ4v) is 3.21. The first-order valence-corrected chi connectivity index (χ1v) is 8.12. The molecule has 0 amide bonds. The van der Waals surface area contributed by atoms with Crippen LogP contribution >= 0.6 is 0 Å². The summed E-state index contributed by atoms with van der Waals surface area (Å²) >= 11 is 0. The summed E-state index contributed by atoms with van der Waals surface area (Å²) in [6.07, 6.45) is 1.67. The molecule has 0 saturated heterocycles. The molecule has 6 heteroatoms. The number of hydrogen-bond acceptors (Lipinski definition) is 4. The quantitative estimate of drug-likeness (QED) is 0.667. The van der Waals surface area contributed by atoms with Gasteiger partial charge in [-0.15, -0.1) is 0 Å². The Morgan fingerprint density at radius 2 is 2.00 bits per heavy atom. The molecule has 4 nitrogen and oxygen atoms in total. The average molecular weight is 241 g/mol. The molecule has 0 aliphatic carbocycles. The number of hydrogen-bond donors (Lipinski definition) is 1. The van der Waals surface area contributed by atoms with Crippen LogP contribution in [-0.4, -0.2) is 42.7 Å². The molecule has 0 heterocycles. The zero-order valence-corrected chi connectivity index (χ0v) is 10.4. The Morgan fingerprint density at radius 1 is 1.43 bits per heavy atom. The minimum atomic E-state index is -2.91. The predicted octanol–water partition coefficient (Wildman–Crippen LogP) is -0.235. The van der Waals surface area contributed by atoms with Crippen molar-refractivity contribution in [2.24, 2.45) is 11.7 Å². The number of sulfone groups is 1. The van der Waals surface area contributed by atoms with Gasteiger partial charge < -0.3 is 5.73 Å². The molecule has 0 aromatic carbocycles. The van der Waals surface area contributed by atoms with Crippen LogP contribution in [0.4, 0.5) is 0 Å². The molecule has 0 aliphatic rings. The van der Waals surface area contributed by atoms with Gasteiger partial charge in [-0.05, 0) is 18.9 Å². The normalized spacial score (nSPS) is 16.5. The van der Waals surface area contributed by atoms with Gasteiger partial charge in [0, 0.05) is 28.6 Å². The van der Waals surface area contributed by atoms with E-state index in [-0.39, 0.29) is 11.7 Å². The molecular weight excluding hydrogens is 222 g/mol. The van der Waals surface area contributed by atoms with Gasteiger partial charge in [0.05, 0.1) is 5.75 Å². The van der Waals surface area contributed by atoms with Crippen LogP contribution in [0.5, 0.6) is 0 Å². The molecule has 14 heavy (non-hydrogen) atoms. The van der Waals surface area contributed by atoms with Crippen molar-refractivity contribution in [3.63, 3.8) is 0 Å². The lowest BCUT2D eigenvalue weighted by atomic mass is 10.2. The average Bonchev–Trinajstić information content (AvgIpc) is 2.01. The minimum Gasteiger partial charge on any atom is -0.330 e. The molecule has 86 valence electrons. The Morgan fingerprint density at radius 3 is 2.43 bits per heavy atom. The maximum absolute atomic E-state index is 11.4. The molecule has 0 aromatic rings. The van der Waals surface area contributed by atoms with Gasteiger partial charge in [-0.3, -0.25) is 4.21 Å². The second kappa shape index (κ2) is 6.53. The fraction of sp³-hybridized carbons (Fsp3) is 1.00. The van der Waals surface area contributed by atoms with E-state index in [2.05, 4.69) is 0 Å². The maximum Gasteiger partial charge on any atom is 0.147 e. The highest BCUT2D eigenvalue weighted by atomic mass is 32.2. The summed E-state index contributed by atoms with van der Waals surface area (Å²) in [5, 5.41) is 0. The van der Waals surface area contributed by atoms with Gasteiger partial charge in [-0.2, -0.15) is 0 Å². The molecule has 0 bridgehead atoms. The van der Waals surface area contributed by atoms with Crippen LogP contribution in [0.3, 0.4) is 0 Å². The van der Waals surface area contributed by atoms with E-state index in [4.69, 9.17) is 5.73 Å². The molecule has 0 rings (SSSR count). The standard InChI is InChI=1S/C8H19NO3S2/c1-8(6-9)7-13(10)4-3-5-14(2,11)12/h8H,3-7,9H2,1-2H3. The highest BCUT2D eigenvalue weighted by Crippen LogP contribution is 1.99. The van der Waals surface area contributed by atoms with Gasteiger partial charge in [0.25, 0.3) is 0 Å². The summed E-state index contributed by atoms with van der Waals surface area (Å²) in [5.41, 5.74) is 5.39. The molecular formula is C8H19NO3S2. The van der Waals surface area contributed by atoms with Crippen LogP contribution < -0.4 is 5.73 Å². The number of nitrogens with two attached hydrogens (primary N) is 1. The lowest BCUT2D eigenvalue weighted by Crippen LogP contribution is -2.19. The van der Waals surface area contributed by atoms with Gasteiger partial charge in [0.15, 0.2) is 0 Å². The van der Waals surface area contributed by atoms with Gasteiger partial charge >= 0.3 is 0 Å². The Hall–Kier alpha value is 0.0600. The van der Waals surface area contributed by atoms with Crippen LogP contribution in [0.25, 0.3) is 0 Å². The zero-order valence-electron chi connectivity index (χ0n) is 8.73. The summed E-state index contributed by atoms with van der Waals surface area (Å²) in [6.45, 7) is 2.46.